The van der Waals surface area contributed by atoms with Crippen molar-refractivity contribution in [3.8, 4) is 16.9 Å². The summed E-state index contributed by atoms with van der Waals surface area (Å²) >= 11 is 0. The van der Waals surface area contributed by atoms with Crippen molar-refractivity contribution < 1.29 is 30.6 Å². The van der Waals surface area contributed by atoms with Crippen LogP contribution >= 0.6 is 0 Å². The number of hydrogen-bond acceptors (Lipinski definition) is 8. The Balaban J connectivity index is 1.63. The normalized spacial score (nSPS) is 17.0. The molecular formula is C23H23N3O7S2. The highest BCUT2D eigenvalue weighted by Gasteiger charge is 2.37. The number of fused-ring (bicyclic) bond motifs is 3. The number of carbonyl (C=O) groups is 1. The second kappa shape index (κ2) is 8.86. The first-order valence-corrected chi connectivity index (χ1v) is 14.4. The monoisotopic (exact) mass is 517 g/mol. The van der Waals surface area contributed by atoms with Crippen LogP contribution in [0.4, 0.5) is 0 Å². The standard InChI is InChI=1S/C23H23N3O7S2/c1-34(28,29)33-14-16-6-8-17(9-7-16)26-22-18-4-2-3-5-20(18)35(30,31)15-19(22)21(24-26)23(27)25-10-12-32-13-11-25/h2-9H,10-15H2,1H3. The zero-order valence-corrected chi connectivity index (χ0v) is 20.5. The molecule has 0 bridgehead atoms. The van der Waals surface area contributed by atoms with Gasteiger partial charge in [0.25, 0.3) is 16.0 Å². The van der Waals surface area contributed by atoms with Crippen LogP contribution in [0.3, 0.4) is 0 Å². The lowest BCUT2D eigenvalue weighted by Crippen LogP contribution is -2.41. The van der Waals surface area contributed by atoms with Crippen LogP contribution in [0.2, 0.25) is 0 Å². The molecule has 5 rings (SSSR count). The molecule has 0 radical (unpaired) electrons. The van der Waals surface area contributed by atoms with Gasteiger partial charge in [-0.15, -0.1) is 0 Å². The van der Waals surface area contributed by atoms with Crippen molar-refractivity contribution in [2.24, 2.45) is 0 Å². The molecule has 0 unspecified atom stereocenters. The maximum absolute atomic E-state index is 13.4. The highest BCUT2D eigenvalue weighted by Crippen LogP contribution is 2.40. The van der Waals surface area contributed by atoms with E-state index in [1.54, 1.807) is 58.1 Å². The summed E-state index contributed by atoms with van der Waals surface area (Å²) in [4.78, 5) is 15.2. The van der Waals surface area contributed by atoms with E-state index in [2.05, 4.69) is 5.10 Å². The fraction of sp³-hybridized carbons (Fsp3) is 0.304. The SMILES string of the molecule is CS(=O)(=O)OCc1ccc(-n2nc(C(=O)N3CCOCC3)c3c2-c2ccccc2S(=O)(=O)C3)cc1. The summed E-state index contributed by atoms with van der Waals surface area (Å²) in [6.45, 7) is 1.51. The molecule has 35 heavy (non-hydrogen) atoms. The van der Waals surface area contributed by atoms with Crippen molar-refractivity contribution >= 4 is 25.9 Å². The third kappa shape index (κ3) is 4.61. The molecule has 2 aliphatic heterocycles. The smallest absolute Gasteiger partial charge is 0.274 e. The van der Waals surface area contributed by atoms with Crippen LogP contribution in [0.5, 0.6) is 0 Å². The minimum absolute atomic E-state index is 0.101. The predicted octanol–water partition coefficient (Wildman–Crippen LogP) is 1.78. The van der Waals surface area contributed by atoms with Crippen molar-refractivity contribution in [3.63, 3.8) is 0 Å². The molecule has 0 aliphatic carbocycles. The number of morpholine rings is 1. The second-order valence-electron chi connectivity index (χ2n) is 8.38. The largest absolute Gasteiger partial charge is 0.378 e. The highest BCUT2D eigenvalue weighted by molar-refractivity contribution is 7.91. The van der Waals surface area contributed by atoms with Gasteiger partial charge in [-0.1, -0.05) is 30.3 Å². The molecule has 0 spiro atoms. The molecule has 1 aromatic heterocycles. The molecule has 10 nitrogen and oxygen atoms in total. The number of hydrogen-bond donors (Lipinski definition) is 0. The average molecular weight is 518 g/mol. The lowest BCUT2D eigenvalue weighted by atomic mass is 10.0. The number of nitrogens with zero attached hydrogens (tertiary/aromatic N) is 3. The number of benzene rings is 2. The van der Waals surface area contributed by atoms with E-state index in [4.69, 9.17) is 8.92 Å². The first-order chi connectivity index (χ1) is 16.6. The molecular weight excluding hydrogens is 494 g/mol. The average Bonchev–Trinajstić information content (AvgIpc) is 3.21. The minimum atomic E-state index is -3.66. The van der Waals surface area contributed by atoms with Crippen molar-refractivity contribution in [2.45, 2.75) is 17.3 Å². The molecule has 1 saturated heterocycles. The van der Waals surface area contributed by atoms with E-state index in [9.17, 15) is 21.6 Å². The van der Waals surface area contributed by atoms with Gasteiger partial charge in [-0.2, -0.15) is 13.5 Å². The summed E-state index contributed by atoms with van der Waals surface area (Å²) in [5.41, 5.74) is 2.72. The van der Waals surface area contributed by atoms with Crippen molar-refractivity contribution in [2.75, 3.05) is 32.6 Å². The van der Waals surface area contributed by atoms with Crippen LogP contribution in [0.1, 0.15) is 21.6 Å². The van der Waals surface area contributed by atoms with Crippen LogP contribution in [0.15, 0.2) is 53.4 Å². The van der Waals surface area contributed by atoms with Crippen molar-refractivity contribution in [1.29, 1.82) is 0 Å². The topological polar surface area (TPSA) is 125 Å². The molecule has 0 N–H and O–H groups in total. The van der Waals surface area contributed by atoms with E-state index < -0.39 is 20.0 Å². The summed E-state index contributed by atoms with van der Waals surface area (Å²) in [5, 5.41) is 4.61. The number of aromatic nitrogens is 2. The summed E-state index contributed by atoms with van der Waals surface area (Å²) in [6, 6.07) is 13.5. The van der Waals surface area contributed by atoms with Crippen molar-refractivity contribution in [3.05, 3.63) is 65.4 Å². The van der Waals surface area contributed by atoms with Gasteiger partial charge in [-0.05, 0) is 23.8 Å². The van der Waals surface area contributed by atoms with E-state index in [1.807, 2.05) is 0 Å². The Bertz CT molecular complexity index is 1500. The maximum atomic E-state index is 13.4. The van der Waals surface area contributed by atoms with Gasteiger partial charge < -0.3 is 9.64 Å². The Labute approximate surface area is 203 Å². The van der Waals surface area contributed by atoms with Crippen LogP contribution in [0, 0.1) is 0 Å². The van der Waals surface area contributed by atoms with Crippen molar-refractivity contribution in [1.82, 2.24) is 14.7 Å². The highest BCUT2D eigenvalue weighted by atomic mass is 32.2. The predicted molar refractivity (Wildman–Crippen MR) is 126 cm³/mol. The first-order valence-electron chi connectivity index (χ1n) is 10.9. The molecule has 184 valence electrons. The van der Waals surface area contributed by atoms with Crippen LogP contribution < -0.4 is 0 Å². The molecule has 12 heteroatoms. The number of ether oxygens (including phenoxy) is 1. The van der Waals surface area contributed by atoms with E-state index >= 15 is 0 Å². The van der Waals surface area contributed by atoms with E-state index in [-0.39, 0.29) is 28.9 Å². The summed E-state index contributed by atoms with van der Waals surface area (Å²) < 4.78 is 60.5. The van der Waals surface area contributed by atoms with Gasteiger partial charge in [0.2, 0.25) is 0 Å². The van der Waals surface area contributed by atoms with E-state index in [0.717, 1.165) is 6.26 Å². The Kier molecular flexibility index (Phi) is 5.99. The Morgan fingerprint density at radius 3 is 2.46 bits per heavy atom. The van der Waals surface area contributed by atoms with Gasteiger partial charge in [0.1, 0.15) is 0 Å². The molecule has 1 fully saturated rings. The number of sulfone groups is 1. The third-order valence-corrected chi connectivity index (χ3v) is 8.16. The van der Waals surface area contributed by atoms with Gasteiger partial charge in [0.05, 0.1) is 48.1 Å². The Morgan fingerprint density at radius 1 is 1.09 bits per heavy atom. The Morgan fingerprint density at radius 2 is 1.77 bits per heavy atom. The quantitative estimate of drug-likeness (QED) is 0.469. The fourth-order valence-corrected chi connectivity index (χ4v) is 6.19. The molecule has 0 saturated carbocycles. The van der Waals surface area contributed by atoms with E-state index in [0.29, 0.717) is 54.4 Å². The van der Waals surface area contributed by atoms with Gasteiger partial charge in [-0.3, -0.25) is 8.98 Å². The molecule has 2 aromatic carbocycles. The van der Waals surface area contributed by atoms with Gasteiger partial charge in [-0.25, -0.2) is 13.1 Å². The molecule has 2 aliphatic rings. The lowest BCUT2D eigenvalue weighted by Gasteiger charge is -2.26. The zero-order valence-electron chi connectivity index (χ0n) is 18.9. The molecule has 1 amide bonds. The second-order valence-corrected chi connectivity index (χ2v) is 12.0. The minimum Gasteiger partial charge on any atom is -0.378 e. The lowest BCUT2D eigenvalue weighted by molar-refractivity contribution is 0.0298. The molecule has 3 heterocycles. The Hall–Kier alpha value is -3.06. The maximum Gasteiger partial charge on any atom is 0.274 e. The number of amides is 1. The van der Waals surface area contributed by atoms with Gasteiger partial charge >= 0.3 is 0 Å². The fourth-order valence-electron chi connectivity index (χ4n) is 4.25. The summed E-state index contributed by atoms with van der Waals surface area (Å²) in [6.07, 6.45) is 0.982. The molecule has 3 aromatic rings. The van der Waals surface area contributed by atoms with Gasteiger partial charge in [0.15, 0.2) is 15.5 Å². The number of rotatable bonds is 5. The molecule has 0 atom stereocenters. The summed E-state index contributed by atoms with van der Waals surface area (Å²) in [7, 11) is -7.24. The third-order valence-electron chi connectivity index (χ3n) is 5.92. The first kappa shape index (κ1) is 23.7. The van der Waals surface area contributed by atoms with Crippen LogP contribution in [0.25, 0.3) is 16.9 Å². The van der Waals surface area contributed by atoms with Crippen LogP contribution in [-0.4, -0.2) is 70.0 Å². The number of carbonyl (C=O) groups excluding carboxylic acids is 1. The van der Waals surface area contributed by atoms with Crippen LogP contribution in [-0.2, 0) is 41.2 Å². The van der Waals surface area contributed by atoms with Gasteiger partial charge in [0, 0.05) is 24.2 Å². The zero-order chi connectivity index (χ0) is 24.8. The summed E-state index contributed by atoms with van der Waals surface area (Å²) in [5.74, 6) is -0.665. The van der Waals surface area contributed by atoms with E-state index in [1.165, 1.54) is 0 Å².